The molecule has 0 aliphatic heterocycles. The average molecular weight is 208 g/mol. The van der Waals surface area contributed by atoms with Gasteiger partial charge in [0.05, 0.1) is 0 Å². The van der Waals surface area contributed by atoms with Crippen molar-refractivity contribution in [3.05, 3.63) is 0 Å². The normalized spacial score (nSPS) is 13.5. The molecule has 0 atom stereocenters. The van der Waals surface area contributed by atoms with Gasteiger partial charge in [-0.2, -0.15) is 0 Å². The van der Waals surface area contributed by atoms with Crippen molar-refractivity contribution >= 4 is 15.6 Å². The first-order valence-corrected chi connectivity index (χ1v) is 5.17. The molecule has 0 heterocycles. The van der Waals surface area contributed by atoms with Gasteiger partial charge in [-0.15, -0.1) is 0 Å². The summed E-state index contributed by atoms with van der Waals surface area (Å²) >= 11 is 0. The fraction of sp³-hybridized carbons (Fsp3) is 1.00. The molecule has 0 spiro atoms. The number of hydrogen-bond donors (Lipinski definition) is 4. The van der Waals surface area contributed by atoms with Crippen molar-refractivity contribution in [3.63, 3.8) is 0 Å². The lowest BCUT2D eigenvalue weighted by Crippen LogP contribution is -1.95. The van der Waals surface area contributed by atoms with E-state index in [1.165, 1.54) is 0 Å². The van der Waals surface area contributed by atoms with Crippen LogP contribution in [0.5, 0.6) is 0 Å². The monoisotopic (exact) mass is 208 g/mol. The molecule has 0 saturated carbocycles. The van der Waals surface area contributed by atoms with Gasteiger partial charge in [-0.3, -0.25) is 9.05 Å². The first kappa shape index (κ1) is 11.2. The Hall–Kier alpha value is 0.220. The van der Waals surface area contributed by atoms with Crippen molar-refractivity contribution < 1.29 is 37.8 Å². The highest BCUT2D eigenvalue weighted by molar-refractivity contribution is 7.47. The summed E-state index contributed by atoms with van der Waals surface area (Å²) in [6.45, 7) is -1.16. The van der Waals surface area contributed by atoms with Crippen LogP contribution in [0.15, 0.2) is 0 Å². The molecule has 4 N–H and O–H groups in total. The predicted octanol–water partition coefficient (Wildman–Crippen LogP) is -0.838. The van der Waals surface area contributed by atoms with Crippen LogP contribution in [0.1, 0.15) is 0 Å². The molecule has 0 amide bonds. The minimum absolute atomic E-state index is 1.16. The van der Waals surface area contributed by atoms with Gasteiger partial charge in [-0.25, -0.2) is 9.13 Å². The Bertz CT molecular complexity index is 174. The van der Waals surface area contributed by atoms with Crippen LogP contribution in [-0.4, -0.2) is 26.4 Å². The smallest absolute Gasteiger partial charge is 0.303 e. The second-order valence-electron chi connectivity index (χ2n) is 1.36. The fourth-order valence-electron chi connectivity index (χ4n) is 0.161. The fourth-order valence-corrected chi connectivity index (χ4v) is 0.624. The van der Waals surface area contributed by atoms with Crippen molar-refractivity contribution in [1.82, 2.24) is 0 Å². The highest BCUT2D eigenvalue weighted by Gasteiger charge is 2.18. The first-order valence-electron chi connectivity index (χ1n) is 2.11. The summed E-state index contributed by atoms with van der Waals surface area (Å²) in [5.74, 6) is 0. The summed E-state index contributed by atoms with van der Waals surface area (Å²) in [5.41, 5.74) is 0. The third kappa shape index (κ3) is 10.2. The van der Waals surface area contributed by atoms with Crippen LogP contribution in [0, 0.1) is 0 Å². The average Bonchev–Trinajstić information content (AvgIpc) is 1.55. The molecule has 0 aromatic rings. The lowest BCUT2D eigenvalue weighted by atomic mass is 11.6. The first-order chi connectivity index (χ1) is 4.71. The molecular formula is CH6O8P2. The zero-order valence-electron chi connectivity index (χ0n) is 5.02. The largest absolute Gasteiger partial charge is 0.471 e. The van der Waals surface area contributed by atoms with Gasteiger partial charge in [-0.05, 0) is 0 Å². The molecule has 0 aromatic carbocycles. The maximum atomic E-state index is 9.86. The van der Waals surface area contributed by atoms with E-state index in [1.807, 2.05) is 0 Å². The highest BCUT2D eigenvalue weighted by Crippen LogP contribution is 2.40. The Labute approximate surface area is 61.2 Å². The summed E-state index contributed by atoms with van der Waals surface area (Å²) in [6, 6.07) is 0. The van der Waals surface area contributed by atoms with E-state index in [4.69, 9.17) is 19.6 Å². The third-order valence-electron chi connectivity index (χ3n) is 0.442. The number of phosphoric acid groups is 2. The van der Waals surface area contributed by atoms with Gasteiger partial charge in [-0.1, -0.05) is 0 Å². The number of hydrogen-bond acceptors (Lipinski definition) is 4. The summed E-state index contributed by atoms with van der Waals surface area (Å²) in [6.07, 6.45) is 0. The Morgan fingerprint density at radius 3 is 1.36 bits per heavy atom. The Balaban J connectivity index is 3.61. The van der Waals surface area contributed by atoms with E-state index in [-0.39, 0.29) is 0 Å². The van der Waals surface area contributed by atoms with Crippen LogP contribution >= 0.6 is 15.6 Å². The lowest BCUT2D eigenvalue weighted by molar-refractivity contribution is 0.0582. The quantitative estimate of drug-likeness (QED) is 0.347. The van der Waals surface area contributed by atoms with Crippen LogP contribution in [0.4, 0.5) is 0 Å². The summed E-state index contributed by atoms with van der Waals surface area (Å²) in [5, 5.41) is 0. The summed E-state index contributed by atoms with van der Waals surface area (Å²) < 4.78 is 26.8. The second-order valence-corrected chi connectivity index (χ2v) is 3.84. The number of phosphoric ester groups is 2. The molecule has 0 aliphatic rings. The Morgan fingerprint density at radius 1 is 0.909 bits per heavy atom. The topological polar surface area (TPSA) is 134 Å². The van der Waals surface area contributed by atoms with Gasteiger partial charge in [0.2, 0.25) is 0 Å². The molecule has 10 heteroatoms. The van der Waals surface area contributed by atoms with Crippen molar-refractivity contribution in [2.75, 3.05) is 6.79 Å². The minimum atomic E-state index is -4.72. The second kappa shape index (κ2) is 3.75. The minimum Gasteiger partial charge on any atom is -0.303 e. The maximum Gasteiger partial charge on any atom is 0.471 e. The van der Waals surface area contributed by atoms with Crippen molar-refractivity contribution in [2.45, 2.75) is 0 Å². The van der Waals surface area contributed by atoms with E-state index in [0.717, 1.165) is 0 Å². The molecule has 0 aliphatic carbocycles. The molecule has 0 unspecified atom stereocenters. The van der Waals surface area contributed by atoms with Crippen LogP contribution in [-0.2, 0) is 18.2 Å². The predicted molar refractivity (Wildman–Crippen MR) is 31.1 cm³/mol. The molecule has 0 fully saturated rings. The molecule has 68 valence electrons. The Kier molecular flexibility index (Phi) is 3.83. The summed E-state index contributed by atoms with van der Waals surface area (Å²) in [7, 11) is -9.44. The van der Waals surface area contributed by atoms with Gasteiger partial charge in [0.25, 0.3) is 0 Å². The van der Waals surface area contributed by atoms with E-state index in [2.05, 4.69) is 9.05 Å². The standard InChI is InChI=1S/CH6O8P2/c2-10(3,4)8-1-9-11(5,6)7/h1H2,(H2,2,3,4)(H2,5,6,7). The van der Waals surface area contributed by atoms with E-state index in [9.17, 15) is 9.13 Å². The lowest BCUT2D eigenvalue weighted by Gasteiger charge is -2.05. The Morgan fingerprint density at radius 2 is 1.18 bits per heavy atom. The molecular weight excluding hydrogens is 202 g/mol. The van der Waals surface area contributed by atoms with Gasteiger partial charge in [0, 0.05) is 0 Å². The molecule has 0 radical (unpaired) electrons. The van der Waals surface area contributed by atoms with Gasteiger partial charge in [0.1, 0.15) is 0 Å². The van der Waals surface area contributed by atoms with Gasteiger partial charge in [0.15, 0.2) is 6.79 Å². The zero-order valence-corrected chi connectivity index (χ0v) is 6.81. The maximum absolute atomic E-state index is 9.86. The number of rotatable bonds is 4. The molecule has 11 heavy (non-hydrogen) atoms. The third-order valence-corrected chi connectivity index (χ3v) is 1.33. The van der Waals surface area contributed by atoms with Crippen molar-refractivity contribution in [2.24, 2.45) is 0 Å². The molecule has 0 rings (SSSR count). The van der Waals surface area contributed by atoms with Gasteiger partial charge < -0.3 is 19.6 Å². The van der Waals surface area contributed by atoms with Crippen LogP contribution in [0.2, 0.25) is 0 Å². The van der Waals surface area contributed by atoms with Crippen LogP contribution in [0.25, 0.3) is 0 Å². The highest BCUT2D eigenvalue weighted by atomic mass is 31.2. The van der Waals surface area contributed by atoms with E-state index in [0.29, 0.717) is 0 Å². The van der Waals surface area contributed by atoms with E-state index >= 15 is 0 Å². The molecule has 0 aromatic heterocycles. The van der Waals surface area contributed by atoms with Crippen molar-refractivity contribution in [1.29, 1.82) is 0 Å². The molecule has 0 bridgehead atoms. The SMILES string of the molecule is O=P(O)(O)OCOP(=O)(O)O. The van der Waals surface area contributed by atoms with E-state index < -0.39 is 22.4 Å². The van der Waals surface area contributed by atoms with Crippen molar-refractivity contribution in [3.8, 4) is 0 Å². The van der Waals surface area contributed by atoms with E-state index in [1.54, 1.807) is 0 Å². The summed E-state index contributed by atoms with van der Waals surface area (Å²) in [4.78, 5) is 31.9. The van der Waals surface area contributed by atoms with Crippen LogP contribution < -0.4 is 0 Å². The molecule has 0 saturated heterocycles. The zero-order chi connectivity index (χ0) is 9.12. The molecule has 8 nitrogen and oxygen atoms in total. The van der Waals surface area contributed by atoms with Gasteiger partial charge >= 0.3 is 15.6 Å². The van der Waals surface area contributed by atoms with Crippen LogP contribution in [0.3, 0.4) is 0 Å².